The molecular formula is C26H30N4O6. The van der Waals surface area contributed by atoms with Crippen LogP contribution < -0.4 is 21.9 Å². The summed E-state index contributed by atoms with van der Waals surface area (Å²) in [5.41, 5.74) is -0.336. The molecule has 10 nitrogen and oxygen atoms in total. The second kappa shape index (κ2) is 11.5. The third kappa shape index (κ3) is 5.88. The fraction of sp³-hybridized carbons (Fsp3) is 0.346. The summed E-state index contributed by atoms with van der Waals surface area (Å²) in [5.74, 6) is -2.91. The molecule has 0 fully saturated rings. The van der Waals surface area contributed by atoms with E-state index < -0.39 is 47.2 Å². The Kier molecular flexibility index (Phi) is 8.42. The molecule has 0 aliphatic rings. The SMILES string of the molecule is CC[C@@H](C)[C@H](NC(=O)[C@H](C)NC(=O)[C@H](Cc1ccccc1)n1c(=O)[nH]c2ccccc2c1=O)C(=O)O. The summed E-state index contributed by atoms with van der Waals surface area (Å²) in [6.45, 7) is 4.93. The van der Waals surface area contributed by atoms with Gasteiger partial charge in [0.05, 0.1) is 10.9 Å². The number of benzene rings is 2. The zero-order chi connectivity index (χ0) is 26.4. The number of carboxylic acids is 1. The first-order chi connectivity index (χ1) is 17.1. The van der Waals surface area contributed by atoms with Crippen LogP contribution >= 0.6 is 0 Å². The molecule has 2 aromatic carbocycles. The van der Waals surface area contributed by atoms with Crippen molar-refractivity contribution in [1.29, 1.82) is 0 Å². The molecule has 0 saturated carbocycles. The lowest BCUT2D eigenvalue weighted by molar-refractivity contribution is -0.143. The number of carbonyl (C=O) groups excluding carboxylic acids is 2. The maximum atomic E-state index is 13.4. The van der Waals surface area contributed by atoms with Crippen molar-refractivity contribution in [1.82, 2.24) is 20.2 Å². The van der Waals surface area contributed by atoms with Gasteiger partial charge in [0.1, 0.15) is 18.1 Å². The van der Waals surface area contributed by atoms with Crippen LogP contribution in [0.25, 0.3) is 10.9 Å². The molecule has 4 atom stereocenters. The number of fused-ring (bicyclic) bond motifs is 1. The number of H-pyrrole nitrogens is 1. The second-order valence-corrected chi connectivity index (χ2v) is 8.80. The lowest BCUT2D eigenvalue weighted by Crippen LogP contribution is -2.54. The standard InChI is InChI=1S/C26H30N4O6/c1-4-15(2)21(25(34)35)29-22(31)16(3)27-23(32)20(14-17-10-6-5-7-11-17)30-24(33)18-12-8-9-13-19(18)28-26(30)36/h5-13,15-16,20-21H,4,14H2,1-3H3,(H,27,32)(H,28,36)(H,29,31)(H,34,35)/t15-,16+,20+,21+/m1/s1. The summed E-state index contributed by atoms with van der Waals surface area (Å²) >= 11 is 0. The Hall–Kier alpha value is -4.21. The van der Waals surface area contributed by atoms with E-state index in [-0.39, 0.29) is 17.7 Å². The second-order valence-electron chi connectivity index (χ2n) is 8.80. The molecule has 0 unspecified atom stereocenters. The molecule has 3 rings (SSSR count). The minimum atomic E-state index is -1.26. The minimum absolute atomic E-state index is 0.0208. The van der Waals surface area contributed by atoms with Crippen molar-refractivity contribution in [2.24, 2.45) is 5.92 Å². The van der Waals surface area contributed by atoms with Crippen molar-refractivity contribution in [2.45, 2.75) is 51.7 Å². The number of aliphatic carboxylic acids is 1. The van der Waals surface area contributed by atoms with Gasteiger partial charge < -0.3 is 20.7 Å². The molecule has 1 heterocycles. The number of nitrogens with zero attached hydrogens (tertiary/aromatic N) is 1. The number of carboxylic acid groups (broad SMARTS) is 1. The summed E-state index contributed by atoms with van der Waals surface area (Å²) in [6.07, 6.45) is 0.553. The van der Waals surface area contributed by atoms with Crippen LogP contribution in [0.3, 0.4) is 0 Å². The van der Waals surface area contributed by atoms with E-state index in [1.165, 1.54) is 6.92 Å². The van der Waals surface area contributed by atoms with Crippen molar-refractivity contribution in [3.05, 3.63) is 81.0 Å². The molecule has 0 saturated heterocycles. The Bertz CT molecular complexity index is 1360. The lowest BCUT2D eigenvalue weighted by atomic mass is 9.99. The zero-order valence-corrected chi connectivity index (χ0v) is 20.4. The van der Waals surface area contributed by atoms with Gasteiger partial charge in [-0.05, 0) is 30.5 Å². The Labute approximate surface area is 207 Å². The highest BCUT2D eigenvalue weighted by Crippen LogP contribution is 2.14. The fourth-order valence-electron chi connectivity index (χ4n) is 3.93. The number of hydrogen-bond donors (Lipinski definition) is 4. The number of hydrogen-bond acceptors (Lipinski definition) is 5. The molecule has 0 bridgehead atoms. The van der Waals surface area contributed by atoms with Gasteiger partial charge in [0.25, 0.3) is 5.56 Å². The molecule has 3 aromatic rings. The van der Waals surface area contributed by atoms with Crippen LogP contribution in [0.15, 0.2) is 64.2 Å². The summed E-state index contributed by atoms with van der Waals surface area (Å²) in [4.78, 5) is 66.5. The average molecular weight is 495 g/mol. The molecule has 0 aliphatic carbocycles. The Balaban J connectivity index is 1.94. The molecule has 10 heteroatoms. The maximum absolute atomic E-state index is 13.4. The normalized spacial score (nSPS) is 14.4. The van der Waals surface area contributed by atoms with Gasteiger partial charge in [-0.3, -0.25) is 14.4 Å². The van der Waals surface area contributed by atoms with Gasteiger partial charge in [-0.25, -0.2) is 14.2 Å². The van der Waals surface area contributed by atoms with Gasteiger partial charge in [-0.1, -0.05) is 62.7 Å². The predicted octanol–water partition coefficient (Wildman–Crippen LogP) is 1.59. The number of rotatable bonds is 10. The van der Waals surface area contributed by atoms with Crippen molar-refractivity contribution >= 4 is 28.7 Å². The highest BCUT2D eigenvalue weighted by atomic mass is 16.4. The summed E-state index contributed by atoms with van der Waals surface area (Å²) in [5, 5.41) is 14.7. The molecule has 2 amide bonds. The van der Waals surface area contributed by atoms with Gasteiger partial charge in [0.2, 0.25) is 11.8 Å². The van der Waals surface area contributed by atoms with Crippen LogP contribution in [0.5, 0.6) is 0 Å². The Morgan fingerprint density at radius 3 is 2.22 bits per heavy atom. The van der Waals surface area contributed by atoms with Crippen LogP contribution in [0.1, 0.15) is 38.8 Å². The van der Waals surface area contributed by atoms with E-state index in [4.69, 9.17) is 0 Å². The Morgan fingerprint density at radius 1 is 0.944 bits per heavy atom. The molecular weight excluding hydrogens is 464 g/mol. The number of nitrogens with one attached hydrogen (secondary N) is 3. The van der Waals surface area contributed by atoms with Gasteiger partial charge in [0.15, 0.2) is 0 Å². The van der Waals surface area contributed by atoms with Crippen LogP contribution in [0.4, 0.5) is 0 Å². The third-order valence-corrected chi connectivity index (χ3v) is 6.25. The lowest BCUT2D eigenvalue weighted by Gasteiger charge is -2.24. The molecule has 0 spiro atoms. The number of para-hydroxylation sites is 1. The smallest absolute Gasteiger partial charge is 0.329 e. The number of carbonyl (C=O) groups is 3. The van der Waals surface area contributed by atoms with Gasteiger partial charge in [0, 0.05) is 6.42 Å². The van der Waals surface area contributed by atoms with E-state index in [9.17, 15) is 29.1 Å². The van der Waals surface area contributed by atoms with Crippen LogP contribution in [-0.4, -0.2) is 44.5 Å². The van der Waals surface area contributed by atoms with E-state index in [0.29, 0.717) is 17.5 Å². The van der Waals surface area contributed by atoms with Crippen molar-refractivity contribution < 1.29 is 19.5 Å². The predicted molar refractivity (Wildman–Crippen MR) is 135 cm³/mol. The van der Waals surface area contributed by atoms with Gasteiger partial charge >= 0.3 is 11.7 Å². The topological polar surface area (TPSA) is 150 Å². The molecule has 4 N–H and O–H groups in total. The van der Waals surface area contributed by atoms with Gasteiger partial charge in [-0.2, -0.15) is 0 Å². The monoisotopic (exact) mass is 494 g/mol. The molecule has 36 heavy (non-hydrogen) atoms. The first kappa shape index (κ1) is 26.4. The van der Waals surface area contributed by atoms with E-state index in [0.717, 1.165) is 4.57 Å². The van der Waals surface area contributed by atoms with Crippen molar-refractivity contribution in [2.75, 3.05) is 0 Å². The molecule has 1 aromatic heterocycles. The largest absolute Gasteiger partial charge is 0.480 e. The summed E-state index contributed by atoms with van der Waals surface area (Å²) in [7, 11) is 0. The highest BCUT2D eigenvalue weighted by molar-refractivity contribution is 5.91. The summed E-state index contributed by atoms with van der Waals surface area (Å²) < 4.78 is 0.856. The number of aromatic amines is 1. The molecule has 0 radical (unpaired) electrons. The van der Waals surface area contributed by atoms with Crippen LogP contribution in [0, 0.1) is 5.92 Å². The van der Waals surface area contributed by atoms with Gasteiger partial charge in [-0.15, -0.1) is 0 Å². The fourth-order valence-corrected chi connectivity index (χ4v) is 3.93. The minimum Gasteiger partial charge on any atom is -0.480 e. The Morgan fingerprint density at radius 2 is 1.58 bits per heavy atom. The van der Waals surface area contributed by atoms with E-state index in [1.807, 2.05) is 6.92 Å². The van der Waals surface area contributed by atoms with Crippen LogP contribution in [-0.2, 0) is 20.8 Å². The van der Waals surface area contributed by atoms with E-state index in [1.54, 1.807) is 61.5 Å². The van der Waals surface area contributed by atoms with Crippen LogP contribution in [0.2, 0.25) is 0 Å². The first-order valence-corrected chi connectivity index (χ1v) is 11.7. The number of amides is 2. The third-order valence-electron chi connectivity index (χ3n) is 6.25. The molecule has 0 aliphatic heterocycles. The van der Waals surface area contributed by atoms with Crippen molar-refractivity contribution in [3.8, 4) is 0 Å². The first-order valence-electron chi connectivity index (χ1n) is 11.7. The van der Waals surface area contributed by atoms with E-state index in [2.05, 4.69) is 15.6 Å². The summed E-state index contributed by atoms with van der Waals surface area (Å²) in [6, 6.07) is 11.9. The van der Waals surface area contributed by atoms with Crippen molar-refractivity contribution in [3.63, 3.8) is 0 Å². The number of aromatic nitrogens is 2. The molecule has 190 valence electrons. The maximum Gasteiger partial charge on any atom is 0.329 e. The average Bonchev–Trinajstić information content (AvgIpc) is 2.86. The zero-order valence-electron chi connectivity index (χ0n) is 20.4. The highest BCUT2D eigenvalue weighted by Gasteiger charge is 2.31. The quantitative estimate of drug-likeness (QED) is 0.336. The van der Waals surface area contributed by atoms with E-state index >= 15 is 0 Å².